The average molecular weight is 296 g/mol. The van der Waals surface area contributed by atoms with Crippen molar-refractivity contribution in [2.24, 2.45) is 5.73 Å². The van der Waals surface area contributed by atoms with Gasteiger partial charge in [0, 0.05) is 11.8 Å². The Balaban J connectivity index is 2.30. The van der Waals surface area contributed by atoms with Crippen LogP contribution in [0, 0.1) is 13.8 Å². The Morgan fingerprint density at radius 3 is 2.76 bits per heavy atom. The highest BCUT2D eigenvalue weighted by Gasteiger charge is 2.15. The molecule has 0 aliphatic heterocycles. The van der Waals surface area contributed by atoms with Crippen LogP contribution in [0.1, 0.15) is 11.1 Å². The van der Waals surface area contributed by atoms with Crippen LogP contribution in [0.2, 0.25) is 0 Å². The number of aryl methyl sites for hydroxylation is 2. The molecule has 0 spiro atoms. The maximum atomic E-state index is 5.74. The highest BCUT2D eigenvalue weighted by Crippen LogP contribution is 2.26. The SMILES string of the molecule is Cc1cnc2c(c1)nc(-c1ccccc1C)n2CC(N)=S. The fraction of sp³-hybridized carbons (Fsp3) is 0.188. The van der Waals surface area contributed by atoms with Gasteiger partial charge in [0.1, 0.15) is 11.3 Å². The fourth-order valence-electron chi connectivity index (χ4n) is 2.45. The summed E-state index contributed by atoms with van der Waals surface area (Å²) in [6.07, 6.45) is 1.84. The molecule has 0 aliphatic carbocycles. The fourth-order valence-corrected chi connectivity index (χ4v) is 2.58. The average Bonchev–Trinajstić information content (AvgIpc) is 2.76. The van der Waals surface area contributed by atoms with E-state index in [1.165, 1.54) is 0 Å². The Morgan fingerprint density at radius 2 is 2.05 bits per heavy atom. The molecule has 0 amide bonds. The van der Waals surface area contributed by atoms with Crippen molar-refractivity contribution >= 4 is 28.4 Å². The van der Waals surface area contributed by atoms with E-state index in [4.69, 9.17) is 22.9 Å². The Hall–Kier alpha value is -2.27. The van der Waals surface area contributed by atoms with Gasteiger partial charge in [-0.15, -0.1) is 0 Å². The van der Waals surface area contributed by atoms with Crippen LogP contribution >= 0.6 is 12.2 Å². The van der Waals surface area contributed by atoms with Gasteiger partial charge >= 0.3 is 0 Å². The summed E-state index contributed by atoms with van der Waals surface area (Å²) in [6.45, 7) is 4.51. The molecule has 2 heterocycles. The maximum Gasteiger partial charge on any atom is 0.160 e. The first-order valence-electron chi connectivity index (χ1n) is 6.73. The van der Waals surface area contributed by atoms with Gasteiger partial charge in [-0.2, -0.15) is 0 Å². The van der Waals surface area contributed by atoms with Crippen molar-refractivity contribution in [3.63, 3.8) is 0 Å². The standard InChI is InChI=1S/C16H16N4S/c1-10-7-13-16(18-8-10)20(9-14(17)21)15(19-13)12-6-4-3-5-11(12)2/h3-8H,9H2,1-2H3,(H2,17,21). The van der Waals surface area contributed by atoms with E-state index in [0.29, 0.717) is 11.5 Å². The van der Waals surface area contributed by atoms with Gasteiger partial charge < -0.3 is 10.3 Å². The van der Waals surface area contributed by atoms with Crippen molar-refractivity contribution in [3.05, 3.63) is 47.7 Å². The first-order valence-corrected chi connectivity index (χ1v) is 7.14. The topological polar surface area (TPSA) is 56.7 Å². The summed E-state index contributed by atoms with van der Waals surface area (Å²) in [4.78, 5) is 9.66. The summed E-state index contributed by atoms with van der Waals surface area (Å²) < 4.78 is 1.99. The zero-order valence-corrected chi connectivity index (χ0v) is 12.8. The van der Waals surface area contributed by atoms with E-state index in [1.807, 2.05) is 35.9 Å². The minimum absolute atomic E-state index is 0.423. The molecular weight excluding hydrogens is 280 g/mol. The largest absolute Gasteiger partial charge is 0.392 e. The van der Waals surface area contributed by atoms with Gasteiger partial charge in [0.15, 0.2) is 5.65 Å². The normalized spacial score (nSPS) is 11.0. The first kappa shape index (κ1) is 13.7. The molecule has 106 valence electrons. The number of benzene rings is 1. The zero-order valence-electron chi connectivity index (χ0n) is 12.0. The van der Waals surface area contributed by atoms with Crippen LogP contribution in [0.4, 0.5) is 0 Å². The number of hydrogen-bond acceptors (Lipinski definition) is 3. The predicted octanol–water partition coefficient (Wildman–Crippen LogP) is 3.00. The molecule has 21 heavy (non-hydrogen) atoms. The highest BCUT2D eigenvalue weighted by molar-refractivity contribution is 7.80. The summed E-state index contributed by atoms with van der Waals surface area (Å²) in [6, 6.07) is 10.2. The third-order valence-corrected chi connectivity index (χ3v) is 3.55. The van der Waals surface area contributed by atoms with Crippen LogP contribution < -0.4 is 5.73 Å². The van der Waals surface area contributed by atoms with Crippen LogP contribution in [0.3, 0.4) is 0 Å². The number of pyridine rings is 1. The molecule has 0 saturated heterocycles. The van der Waals surface area contributed by atoms with E-state index >= 15 is 0 Å². The molecule has 2 aromatic heterocycles. The number of rotatable bonds is 3. The Labute approximate surface area is 128 Å². The molecule has 0 aliphatic rings. The minimum Gasteiger partial charge on any atom is -0.392 e. The number of hydrogen-bond donors (Lipinski definition) is 1. The number of aromatic nitrogens is 3. The van der Waals surface area contributed by atoms with E-state index in [-0.39, 0.29) is 0 Å². The summed E-state index contributed by atoms with van der Waals surface area (Å²) in [7, 11) is 0. The quantitative estimate of drug-likeness (QED) is 0.755. The molecular formula is C16H16N4S. The number of imidazole rings is 1. The number of thiocarbonyl (C=S) groups is 1. The lowest BCUT2D eigenvalue weighted by molar-refractivity contribution is 0.880. The second-order valence-corrected chi connectivity index (χ2v) is 5.68. The van der Waals surface area contributed by atoms with Gasteiger partial charge in [-0.25, -0.2) is 9.97 Å². The lowest BCUT2D eigenvalue weighted by atomic mass is 10.1. The van der Waals surface area contributed by atoms with Crippen LogP contribution in [-0.4, -0.2) is 19.5 Å². The van der Waals surface area contributed by atoms with Crippen molar-refractivity contribution in [3.8, 4) is 11.4 Å². The van der Waals surface area contributed by atoms with Crippen LogP contribution in [0.15, 0.2) is 36.5 Å². The monoisotopic (exact) mass is 296 g/mol. The van der Waals surface area contributed by atoms with E-state index < -0.39 is 0 Å². The molecule has 0 unspecified atom stereocenters. The molecule has 0 bridgehead atoms. The second-order valence-electron chi connectivity index (χ2n) is 5.16. The maximum absolute atomic E-state index is 5.74. The summed E-state index contributed by atoms with van der Waals surface area (Å²) in [5, 5.41) is 0. The summed E-state index contributed by atoms with van der Waals surface area (Å²) >= 11 is 5.08. The zero-order chi connectivity index (χ0) is 15.0. The van der Waals surface area contributed by atoms with Gasteiger partial charge in [0.2, 0.25) is 0 Å². The molecule has 0 radical (unpaired) electrons. The van der Waals surface area contributed by atoms with Crippen LogP contribution in [-0.2, 0) is 6.54 Å². The molecule has 3 rings (SSSR count). The van der Waals surface area contributed by atoms with E-state index in [2.05, 4.69) is 24.0 Å². The van der Waals surface area contributed by atoms with Crippen molar-refractivity contribution in [2.45, 2.75) is 20.4 Å². The van der Waals surface area contributed by atoms with E-state index in [0.717, 1.165) is 33.7 Å². The van der Waals surface area contributed by atoms with E-state index in [1.54, 1.807) is 0 Å². The second kappa shape index (κ2) is 5.26. The predicted molar refractivity (Wildman–Crippen MR) is 89.2 cm³/mol. The smallest absolute Gasteiger partial charge is 0.160 e. The molecule has 0 fully saturated rings. The first-order chi connectivity index (χ1) is 10.1. The van der Waals surface area contributed by atoms with Gasteiger partial charge in [-0.1, -0.05) is 36.5 Å². The molecule has 2 N–H and O–H groups in total. The van der Waals surface area contributed by atoms with Gasteiger partial charge in [0.25, 0.3) is 0 Å². The highest BCUT2D eigenvalue weighted by atomic mass is 32.1. The van der Waals surface area contributed by atoms with Gasteiger partial charge in [-0.05, 0) is 31.0 Å². The Bertz CT molecular complexity index is 835. The van der Waals surface area contributed by atoms with Crippen molar-refractivity contribution < 1.29 is 0 Å². The molecule has 4 nitrogen and oxygen atoms in total. The van der Waals surface area contributed by atoms with Crippen LogP contribution in [0.25, 0.3) is 22.6 Å². The molecule has 0 saturated carbocycles. The minimum atomic E-state index is 0.423. The molecule has 5 heteroatoms. The van der Waals surface area contributed by atoms with Crippen LogP contribution in [0.5, 0.6) is 0 Å². The van der Waals surface area contributed by atoms with Crippen molar-refractivity contribution in [2.75, 3.05) is 0 Å². The molecule has 0 atom stereocenters. The van der Waals surface area contributed by atoms with Crippen molar-refractivity contribution in [1.29, 1.82) is 0 Å². The Morgan fingerprint density at radius 1 is 1.29 bits per heavy atom. The number of nitrogens with zero attached hydrogens (tertiary/aromatic N) is 3. The van der Waals surface area contributed by atoms with Crippen molar-refractivity contribution in [1.82, 2.24) is 14.5 Å². The van der Waals surface area contributed by atoms with Gasteiger partial charge in [-0.3, -0.25) is 0 Å². The molecule has 1 aromatic carbocycles. The third-order valence-electron chi connectivity index (χ3n) is 3.42. The lowest BCUT2D eigenvalue weighted by Gasteiger charge is -2.09. The lowest BCUT2D eigenvalue weighted by Crippen LogP contribution is -2.17. The Kier molecular flexibility index (Phi) is 3.43. The molecule has 3 aromatic rings. The third kappa shape index (κ3) is 2.52. The number of fused-ring (bicyclic) bond motifs is 1. The van der Waals surface area contributed by atoms with E-state index in [9.17, 15) is 0 Å². The van der Waals surface area contributed by atoms with Gasteiger partial charge in [0.05, 0.1) is 11.5 Å². The summed E-state index contributed by atoms with van der Waals surface area (Å²) in [5.74, 6) is 0.856. The number of nitrogens with two attached hydrogens (primary N) is 1. The summed E-state index contributed by atoms with van der Waals surface area (Å²) in [5.41, 5.74) is 10.7.